The zero-order valence-corrected chi connectivity index (χ0v) is 18.2. The van der Waals surface area contributed by atoms with Gasteiger partial charge in [-0.1, -0.05) is 51.9 Å². The van der Waals surface area contributed by atoms with Crippen molar-refractivity contribution in [2.75, 3.05) is 6.61 Å². The third-order valence-electron chi connectivity index (χ3n) is 5.11. The van der Waals surface area contributed by atoms with Gasteiger partial charge in [-0.3, -0.25) is 14.8 Å². The van der Waals surface area contributed by atoms with Gasteiger partial charge in [0.25, 0.3) is 0 Å². The molecule has 0 aromatic carbocycles. The molecule has 2 aromatic rings. The lowest BCUT2D eigenvalue weighted by molar-refractivity contribution is -0.143. The van der Waals surface area contributed by atoms with E-state index in [1.165, 1.54) is 49.7 Å². The number of aromatic nitrogens is 2. The van der Waals surface area contributed by atoms with Crippen LogP contribution in [-0.2, 0) is 16.0 Å². The molecule has 0 saturated carbocycles. The second kappa shape index (κ2) is 13.9. The Balaban J connectivity index is 1.59. The summed E-state index contributed by atoms with van der Waals surface area (Å²) in [5.41, 5.74) is 4.11. The molecule has 0 amide bonds. The van der Waals surface area contributed by atoms with E-state index in [0.717, 1.165) is 37.1 Å². The van der Waals surface area contributed by atoms with Crippen LogP contribution in [0.15, 0.2) is 36.7 Å². The Morgan fingerprint density at radius 1 is 0.862 bits per heavy atom. The second-order valence-corrected chi connectivity index (χ2v) is 7.82. The fraction of sp³-hybridized carbons (Fsp3) is 0.560. The van der Waals surface area contributed by atoms with Crippen LogP contribution in [0.2, 0.25) is 0 Å². The standard InChI is InChI=1S/C25H36N2O2/c1-3-4-5-6-7-8-9-10-18-29-25(28)13-11-12-22-15-17-27-24(20-22)23-19-21(2)14-16-26-23/h14-17,19-20H,3-13,18H2,1-2H3. The Morgan fingerprint density at radius 3 is 2.24 bits per heavy atom. The second-order valence-electron chi connectivity index (χ2n) is 7.82. The minimum Gasteiger partial charge on any atom is -0.466 e. The lowest BCUT2D eigenvalue weighted by atomic mass is 10.1. The molecule has 4 nitrogen and oxygen atoms in total. The summed E-state index contributed by atoms with van der Waals surface area (Å²) in [4.78, 5) is 20.7. The molecule has 0 unspecified atom stereocenters. The predicted molar refractivity (Wildman–Crippen MR) is 119 cm³/mol. The maximum absolute atomic E-state index is 11.9. The number of nitrogens with zero attached hydrogens (tertiary/aromatic N) is 2. The van der Waals surface area contributed by atoms with Crippen LogP contribution in [0.5, 0.6) is 0 Å². The van der Waals surface area contributed by atoms with Gasteiger partial charge in [-0.15, -0.1) is 0 Å². The Hall–Kier alpha value is -2.23. The molecule has 0 aliphatic heterocycles. The van der Waals surface area contributed by atoms with Crippen molar-refractivity contribution in [3.05, 3.63) is 47.8 Å². The minimum absolute atomic E-state index is 0.0809. The van der Waals surface area contributed by atoms with E-state index < -0.39 is 0 Å². The van der Waals surface area contributed by atoms with Gasteiger partial charge in [-0.05, 0) is 61.6 Å². The fourth-order valence-electron chi connectivity index (χ4n) is 3.38. The number of pyridine rings is 2. The molecule has 0 bridgehead atoms. The highest BCUT2D eigenvalue weighted by atomic mass is 16.5. The van der Waals surface area contributed by atoms with Crippen molar-refractivity contribution in [2.45, 2.75) is 84.5 Å². The molecular formula is C25H36N2O2. The van der Waals surface area contributed by atoms with Gasteiger partial charge < -0.3 is 4.74 Å². The van der Waals surface area contributed by atoms with E-state index in [9.17, 15) is 4.79 Å². The zero-order chi connectivity index (χ0) is 20.7. The Kier molecular flexibility index (Phi) is 11.0. The molecule has 0 saturated heterocycles. The predicted octanol–water partition coefficient (Wildman–Crippen LogP) is 6.46. The summed E-state index contributed by atoms with van der Waals surface area (Å²) >= 11 is 0. The van der Waals surface area contributed by atoms with Gasteiger partial charge in [-0.25, -0.2) is 0 Å². The van der Waals surface area contributed by atoms with Crippen LogP contribution >= 0.6 is 0 Å². The molecule has 0 spiro atoms. The van der Waals surface area contributed by atoms with Crippen LogP contribution in [0.1, 0.15) is 82.3 Å². The van der Waals surface area contributed by atoms with Gasteiger partial charge in [0.15, 0.2) is 0 Å². The van der Waals surface area contributed by atoms with Crippen LogP contribution < -0.4 is 0 Å². The number of hydrogen-bond acceptors (Lipinski definition) is 4. The number of rotatable bonds is 14. The summed E-state index contributed by atoms with van der Waals surface area (Å²) in [6.07, 6.45) is 15.8. The minimum atomic E-state index is -0.0809. The first-order chi connectivity index (χ1) is 14.2. The average molecular weight is 397 g/mol. The fourth-order valence-corrected chi connectivity index (χ4v) is 3.38. The molecule has 2 aromatic heterocycles. The maximum Gasteiger partial charge on any atom is 0.305 e. The molecule has 4 heteroatoms. The largest absolute Gasteiger partial charge is 0.466 e. The number of esters is 1. The molecule has 0 radical (unpaired) electrons. The van der Waals surface area contributed by atoms with Gasteiger partial charge in [0.2, 0.25) is 0 Å². The number of carbonyl (C=O) groups excluding carboxylic acids is 1. The Morgan fingerprint density at radius 2 is 1.52 bits per heavy atom. The van der Waals surface area contributed by atoms with Crippen LogP contribution in [0.3, 0.4) is 0 Å². The van der Waals surface area contributed by atoms with Crippen LogP contribution in [0, 0.1) is 6.92 Å². The maximum atomic E-state index is 11.9. The first kappa shape index (κ1) is 23.1. The first-order valence-corrected chi connectivity index (χ1v) is 11.2. The summed E-state index contributed by atoms with van der Waals surface area (Å²) in [5.74, 6) is -0.0809. The van der Waals surface area contributed by atoms with Gasteiger partial charge in [0.1, 0.15) is 0 Å². The Bertz CT molecular complexity index is 730. The lowest BCUT2D eigenvalue weighted by Crippen LogP contribution is -2.06. The molecule has 0 aliphatic rings. The van der Waals surface area contributed by atoms with Crippen molar-refractivity contribution < 1.29 is 9.53 Å². The molecule has 2 heterocycles. The molecule has 0 N–H and O–H groups in total. The third-order valence-corrected chi connectivity index (χ3v) is 5.11. The highest BCUT2D eigenvalue weighted by Gasteiger charge is 2.06. The van der Waals surface area contributed by atoms with Crippen LogP contribution in [0.4, 0.5) is 0 Å². The summed E-state index contributed by atoms with van der Waals surface area (Å²) in [6, 6.07) is 8.08. The van der Waals surface area contributed by atoms with Crippen molar-refractivity contribution in [2.24, 2.45) is 0 Å². The van der Waals surface area contributed by atoms with E-state index in [4.69, 9.17) is 4.74 Å². The van der Waals surface area contributed by atoms with Crippen molar-refractivity contribution in [1.82, 2.24) is 9.97 Å². The zero-order valence-electron chi connectivity index (χ0n) is 18.2. The lowest BCUT2D eigenvalue weighted by Gasteiger charge is -2.06. The van der Waals surface area contributed by atoms with Gasteiger partial charge in [-0.2, -0.15) is 0 Å². The molecule has 0 atom stereocenters. The molecule has 158 valence electrons. The number of carbonyl (C=O) groups is 1. The summed E-state index contributed by atoms with van der Waals surface area (Å²) in [5, 5.41) is 0. The molecule has 0 fully saturated rings. The van der Waals surface area contributed by atoms with E-state index >= 15 is 0 Å². The third kappa shape index (κ3) is 9.69. The molecule has 29 heavy (non-hydrogen) atoms. The average Bonchev–Trinajstić information content (AvgIpc) is 2.73. The smallest absolute Gasteiger partial charge is 0.305 e. The van der Waals surface area contributed by atoms with Gasteiger partial charge in [0.05, 0.1) is 18.0 Å². The van der Waals surface area contributed by atoms with Gasteiger partial charge >= 0.3 is 5.97 Å². The van der Waals surface area contributed by atoms with E-state index in [1.54, 1.807) is 0 Å². The molecular weight excluding hydrogens is 360 g/mol. The highest BCUT2D eigenvalue weighted by molar-refractivity contribution is 5.69. The van der Waals surface area contributed by atoms with Crippen molar-refractivity contribution >= 4 is 5.97 Å². The Labute approximate surface area is 176 Å². The molecule has 0 aliphatic carbocycles. The van der Waals surface area contributed by atoms with E-state index in [0.29, 0.717) is 13.0 Å². The number of hydrogen-bond donors (Lipinski definition) is 0. The van der Waals surface area contributed by atoms with Gasteiger partial charge in [0, 0.05) is 18.8 Å². The first-order valence-electron chi connectivity index (χ1n) is 11.2. The van der Waals surface area contributed by atoms with Crippen LogP contribution in [0.25, 0.3) is 11.4 Å². The van der Waals surface area contributed by atoms with Crippen LogP contribution in [-0.4, -0.2) is 22.5 Å². The van der Waals surface area contributed by atoms with Crippen molar-refractivity contribution in [3.63, 3.8) is 0 Å². The van der Waals surface area contributed by atoms with E-state index in [1.807, 2.05) is 37.5 Å². The number of aryl methyl sites for hydroxylation is 2. The normalized spacial score (nSPS) is 10.8. The van der Waals surface area contributed by atoms with E-state index in [2.05, 4.69) is 23.0 Å². The topological polar surface area (TPSA) is 52.1 Å². The number of ether oxygens (including phenoxy) is 1. The quantitative estimate of drug-likeness (QED) is 0.272. The van der Waals surface area contributed by atoms with Crippen molar-refractivity contribution in [3.8, 4) is 11.4 Å². The summed E-state index contributed by atoms with van der Waals surface area (Å²) in [6.45, 7) is 4.85. The summed E-state index contributed by atoms with van der Waals surface area (Å²) < 4.78 is 5.37. The summed E-state index contributed by atoms with van der Waals surface area (Å²) in [7, 11) is 0. The molecule has 2 rings (SSSR count). The van der Waals surface area contributed by atoms with Crippen molar-refractivity contribution in [1.29, 1.82) is 0 Å². The van der Waals surface area contributed by atoms with E-state index in [-0.39, 0.29) is 5.97 Å². The SMILES string of the molecule is CCCCCCCCCCOC(=O)CCCc1ccnc(-c2cc(C)ccn2)c1. The highest BCUT2D eigenvalue weighted by Crippen LogP contribution is 2.17. The monoisotopic (exact) mass is 396 g/mol. The number of unbranched alkanes of at least 4 members (excludes halogenated alkanes) is 7.